The van der Waals surface area contributed by atoms with Crippen molar-refractivity contribution in [3.63, 3.8) is 0 Å². The number of methoxy groups -OCH3 is 1. The van der Waals surface area contributed by atoms with E-state index in [2.05, 4.69) is 21.3 Å². The van der Waals surface area contributed by atoms with Gasteiger partial charge in [0.15, 0.2) is 10.3 Å². The molecule has 2 aromatic rings. The van der Waals surface area contributed by atoms with Crippen LogP contribution in [0.2, 0.25) is 5.15 Å². The minimum Gasteiger partial charge on any atom is -0.465 e. The summed E-state index contributed by atoms with van der Waals surface area (Å²) in [5, 5.41) is 0.759. The Morgan fingerprint density at radius 3 is 2.75 bits per heavy atom. The van der Waals surface area contributed by atoms with Crippen LogP contribution >= 0.6 is 23.4 Å². The normalized spacial score (nSPS) is 16.6. The molecular weight excluding hydrogens is 398 g/mol. The molecule has 1 amide bonds. The molecule has 1 fully saturated rings. The van der Waals surface area contributed by atoms with Crippen LogP contribution in [0, 0.1) is 0 Å². The van der Waals surface area contributed by atoms with Gasteiger partial charge < -0.3 is 4.74 Å². The number of carbonyl (C=O) groups excluding carboxylic acids is 2. The van der Waals surface area contributed by atoms with Gasteiger partial charge in [0.25, 0.3) is 5.91 Å². The lowest BCUT2D eigenvalue weighted by Gasteiger charge is -2.12. The van der Waals surface area contributed by atoms with Crippen LogP contribution < -0.4 is 0 Å². The van der Waals surface area contributed by atoms with Crippen LogP contribution in [0.4, 0.5) is 5.69 Å². The topological polar surface area (TPSA) is 71.9 Å². The molecule has 3 rings (SSSR count). The summed E-state index contributed by atoms with van der Waals surface area (Å²) in [6.45, 7) is 4.02. The average Bonchev–Trinajstić information content (AvgIpc) is 2.99. The van der Waals surface area contributed by atoms with Crippen LogP contribution in [0.15, 0.2) is 65.1 Å². The van der Waals surface area contributed by atoms with E-state index in [-0.39, 0.29) is 11.1 Å². The molecule has 0 bridgehead atoms. The van der Waals surface area contributed by atoms with Crippen molar-refractivity contribution in [1.29, 1.82) is 0 Å². The SMILES string of the molecule is C=CCN1C(=O)/C(=C/c2ccc(C(=O)OC)cc2)SC1=Nc1cccnc1Cl. The predicted octanol–water partition coefficient (Wildman–Crippen LogP) is 4.31. The lowest BCUT2D eigenvalue weighted by Crippen LogP contribution is -2.29. The number of ether oxygens (including phenoxy) is 1. The number of amides is 1. The van der Waals surface area contributed by atoms with Crippen molar-refractivity contribution < 1.29 is 14.3 Å². The van der Waals surface area contributed by atoms with E-state index in [1.54, 1.807) is 54.7 Å². The van der Waals surface area contributed by atoms with Gasteiger partial charge in [0.2, 0.25) is 0 Å². The van der Waals surface area contributed by atoms with E-state index in [1.165, 1.54) is 23.8 Å². The molecule has 0 aliphatic carbocycles. The van der Waals surface area contributed by atoms with E-state index in [0.717, 1.165) is 5.56 Å². The van der Waals surface area contributed by atoms with Gasteiger partial charge in [-0.25, -0.2) is 14.8 Å². The Balaban J connectivity index is 1.91. The molecule has 0 saturated carbocycles. The van der Waals surface area contributed by atoms with Gasteiger partial charge in [-0.1, -0.05) is 29.8 Å². The Kier molecular flexibility index (Phi) is 6.28. The summed E-state index contributed by atoms with van der Waals surface area (Å²) >= 11 is 7.32. The monoisotopic (exact) mass is 413 g/mol. The first-order chi connectivity index (χ1) is 13.5. The number of hydrogen-bond donors (Lipinski definition) is 0. The highest BCUT2D eigenvalue weighted by Crippen LogP contribution is 2.35. The number of amidine groups is 1. The second-order valence-electron chi connectivity index (χ2n) is 5.64. The van der Waals surface area contributed by atoms with Crippen LogP contribution in [-0.4, -0.2) is 40.6 Å². The van der Waals surface area contributed by atoms with Crippen molar-refractivity contribution in [1.82, 2.24) is 9.88 Å². The standard InChI is InChI=1S/C20H16ClN3O3S/c1-3-11-24-18(25)16(12-13-6-8-14(9-7-13)19(26)27-2)28-20(24)23-15-5-4-10-22-17(15)21/h3-10,12H,1,11H2,2H3/b16-12-,23-20?. The van der Waals surface area contributed by atoms with E-state index in [1.807, 2.05) is 0 Å². The fourth-order valence-electron chi connectivity index (χ4n) is 2.43. The van der Waals surface area contributed by atoms with Crippen molar-refractivity contribution >= 4 is 52.2 Å². The maximum atomic E-state index is 12.8. The zero-order valence-corrected chi connectivity index (χ0v) is 16.5. The predicted molar refractivity (Wildman–Crippen MR) is 112 cm³/mol. The molecule has 1 aromatic carbocycles. The summed E-state index contributed by atoms with van der Waals surface area (Å²) in [7, 11) is 1.33. The van der Waals surface area contributed by atoms with Crippen LogP contribution in [0.25, 0.3) is 6.08 Å². The molecule has 1 saturated heterocycles. The first-order valence-electron chi connectivity index (χ1n) is 8.23. The molecule has 0 N–H and O–H groups in total. The summed E-state index contributed by atoms with van der Waals surface area (Å²) in [6.07, 6.45) is 4.95. The highest BCUT2D eigenvalue weighted by atomic mass is 35.5. The number of pyridine rings is 1. The van der Waals surface area contributed by atoms with Crippen molar-refractivity contribution in [3.8, 4) is 0 Å². The second kappa shape index (κ2) is 8.86. The first-order valence-corrected chi connectivity index (χ1v) is 9.43. The number of aromatic nitrogens is 1. The smallest absolute Gasteiger partial charge is 0.337 e. The number of hydrogen-bond acceptors (Lipinski definition) is 6. The number of thioether (sulfide) groups is 1. The molecule has 0 unspecified atom stereocenters. The lowest BCUT2D eigenvalue weighted by molar-refractivity contribution is -0.121. The van der Waals surface area contributed by atoms with E-state index in [0.29, 0.717) is 27.9 Å². The van der Waals surface area contributed by atoms with Gasteiger partial charge in [-0.15, -0.1) is 6.58 Å². The molecule has 0 atom stereocenters. The van der Waals surface area contributed by atoms with Crippen molar-refractivity contribution in [2.45, 2.75) is 0 Å². The van der Waals surface area contributed by atoms with Gasteiger partial charge in [0.05, 0.1) is 17.6 Å². The van der Waals surface area contributed by atoms with Crippen molar-refractivity contribution in [2.75, 3.05) is 13.7 Å². The molecule has 2 heterocycles. The summed E-state index contributed by atoms with van der Waals surface area (Å²) in [6, 6.07) is 10.2. The molecular formula is C20H16ClN3O3S. The quantitative estimate of drug-likeness (QED) is 0.316. The zero-order valence-electron chi connectivity index (χ0n) is 15.0. The van der Waals surface area contributed by atoms with Gasteiger partial charge in [-0.05, 0) is 47.7 Å². The fourth-order valence-corrected chi connectivity index (χ4v) is 3.59. The molecule has 8 heteroatoms. The molecule has 1 aliphatic rings. The highest BCUT2D eigenvalue weighted by Gasteiger charge is 2.32. The number of carbonyl (C=O) groups is 2. The van der Waals surface area contributed by atoms with Crippen LogP contribution in [-0.2, 0) is 9.53 Å². The van der Waals surface area contributed by atoms with Gasteiger partial charge >= 0.3 is 5.97 Å². The Bertz CT molecular complexity index is 986. The van der Waals surface area contributed by atoms with Gasteiger partial charge in [0.1, 0.15) is 5.69 Å². The minimum absolute atomic E-state index is 0.180. The summed E-state index contributed by atoms with van der Waals surface area (Å²) < 4.78 is 4.69. The largest absolute Gasteiger partial charge is 0.465 e. The lowest BCUT2D eigenvalue weighted by atomic mass is 10.1. The Labute approximate surface area is 171 Å². The molecule has 6 nitrogen and oxygen atoms in total. The number of esters is 1. The van der Waals surface area contributed by atoms with Crippen molar-refractivity contribution in [2.24, 2.45) is 4.99 Å². The molecule has 1 aromatic heterocycles. The molecule has 1 aliphatic heterocycles. The van der Waals surface area contributed by atoms with E-state index in [9.17, 15) is 9.59 Å². The minimum atomic E-state index is -0.412. The zero-order chi connectivity index (χ0) is 20.1. The summed E-state index contributed by atoms with van der Waals surface area (Å²) in [5.74, 6) is -0.592. The van der Waals surface area contributed by atoms with E-state index < -0.39 is 5.97 Å². The molecule has 28 heavy (non-hydrogen) atoms. The first kappa shape index (κ1) is 19.9. The van der Waals surface area contributed by atoms with Crippen LogP contribution in [0.5, 0.6) is 0 Å². The van der Waals surface area contributed by atoms with Crippen LogP contribution in [0.1, 0.15) is 15.9 Å². The van der Waals surface area contributed by atoms with E-state index >= 15 is 0 Å². The number of nitrogens with zero attached hydrogens (tertiary/aromatic N) is 3. The summed E-state index contributed by atoms with van der Waals surface area (Å²) in [5.41, 5.74) is 1.71. The third-order valence-electron chi connectivity index (χ3n) is 3.78. The summed E-state index contributed by atoms with van der Waals surface area (Å²) in [4.78, 5) is 34.8. The highest BCUT2D eigenvalue weighted by molar-refractivity contribution is 8.18. The Hall–Kier alpha value is -2.90. The van der Waals surface area contributed by atoms with E-state index in [4.69, 9.17) is 11.6 Å². The van der Waals surface area contributed by atoms with Gasteiger partial charge in [-0.3, -0.25) is 9.69 Å². The number of rotatable bonds is 5. The fraction of sp³-hybridized carbons (Fsp3) is 0.100. The Morgan fingerprint density at radius 1 is 1.36 bits per heavy atom. The maximum Gasteiger partial charge on any atom is 0.337 e. The van der Waals surface area contributed by atoms with Gasteiger partial charge in [0, 0.05) is 12.7 Å². The Morgan fingerprint density at radius 2 is 2.11 bits per heavy atom. The third kappa shape index (κ3) is 4.32. The molecule has 142 valence electrons. The van der Waals surface area contributed by atoms with Gasteiger partial charge in [-0.2, -0.15) is 0 Å². The molecule has 0 radical (unpaired) electrons. The number of halogens is 1. The average molecular weight is 414 g/mol. The number of aliphatic imine (C=N–C) groups is 1. The molecule has 0 spiro atoms. The third-order valence-corrected chi connectivity index (χ3v) is 5.08. The van der Waals surface area contributed by atoms with Crippen molar-refractivity contribution in [3.05, 3.63) is 76.4 Å². The second-order valence-corrected chi connectivity index (χ2v) is 7.00. The maximum absolute atomic E-state index is 12.8. The van der Waals surface area contributed by atoms with Crippen LogP contribution in [0.3, 0.4) is 0 Å². The number of benzene rings is 1.